The van der Waals surface area contributed by atoms with Crippen LogP contribution in [-0.4, -0.2) is 36.0 Å². The molecular formula is C14H25N5O. The molecule has 0 saturated heterocycles. The Morgan fingerprint density at radius 1 is 1.35 bits per heavy atom. The minimum Gasteiger partial charge on any atom is -0.383 e. The molecule has 0 unspecified atom stereocenters. The number of rotatable bonds is 4. The average molecular weight is 279 g/mol. The molecule has 112 valence electrons. The van der Waals surface area contributed by atoms with Crippen molar-refractivity contribution >= 4 is 17.5 Å². The van der Waals surface area contributed by atoms with Crippen LogP contribution in [0.25, 0.3) is 0 Å². The molecule has 20 heavy (non-hydrogen) atoms. The van der Waals surface area contributed by atoms with E-state index in [1.54, 1.807) is 7.05 Å². The fourth-order valence-corrected chi connectivity index (χ4v) is 1.75. The quantitative estimate of drug-likeness (QED) is 0.866. The monoisotopic (exact) mass is 279 g/mol. The minimum absolute atomic E-state index is 0.0549. The molecule has 6 nitrogen and oxygen atoms in total. The van der Waals surface area contributed by atoms with Crippen LogP contribution in [0.4, 0.5) is 11.6 Å². The lowest BCUT2D eigenvalue weighted by molar-refractivity contribution is -0.119. The summed E-state index contributed by atoms with van der Waals surface area (Å²) in [7, 11) is 1.62. The van der Waals surface area contributed by atoms with E-state index in [9.17, 15) is 4.79 Å². The van der Waals surface area contributed by atoms with Crippen LogP contribution in [0.3, 0.4) is 0 Å². The van der Waals surface area contributed by atoms with Gasteiger partial charge in [0.05, 0.1) is 6.54 Å². The van der Waals surface area contributed by atoms with Gasteiger partial charge in [0.25, 0.3) is 0 Å². The summed E-state index contributed by atoms with van der Waals surface area (Å²) in [6.45, 7) is 10.9. The van der Waals surface area contributed by atoms with E-state index in [-0.39, 0.29) is 17.9 Å². The maximum atomic E-state index is 11.6. The van der Waals surface area contributed by atoms with Gasteiger partial charge >= 0.3 is 0 Å². The first kappa shape index (κ1) is 16.2. The molecule has 0 saturated carbocycles. The largest absolute Gasteiger partial charge is 0.383 e. The molecule has 1 aromatic heterocycles. The van der Waals surface area contributed by atoms with Gasteiger partial charge in [-0.15, -0.1) is 0 Å². The first-order chi connectivity index (χ1) is 9.20. The van der Waals surface area contributed by atoms with Gasteiger partial charge in [-0.25, -0.2) is 9.97 Å². The molecule has 3 N–H and O–H groups in total. The number of carbonyl (C=O) groups is 1. The summed E-state index contributed by atoms with van der Waals surface area (Å²) >= 11 is 0. The second-order valence-electron chi connectivity index (χ2n) is 5.82. The van der Waals surface area contributed by atoms with Gasteiger partial charge in [0.1, 0.15) is 17.5 Å². The van der Waals surface area contributed by atoms with Gasteiger partial charge in [-0.2, -0.15) is 0 Å². The molecule has 1 amide bonds. The van der Waals surface area contributed by atoms with Crippen LogP contribution in [0.5, 0.6) is 0 Å². The first-order valence-electron chi connectivity index (χ1n) is 6.80. The van der Waals surface area contributed by atoms with E-state index in [0.717, 1.165) is 11.4 Å². The van der Waals surface area contributed by atoms with E-state index in [1.165, 1.54) is 0 Å². The van der Waals surface area contributed by atoms with E-state index >= 15 is 0 Å². The number of carbonyl (C=O) groups excluding carboxylic acids is 1. The zero-order valence-corrected chi connectivity index (χ0v) is 13.2. The predicted molar refractivity (Wildman–Crippen MR) is 81.8 cm³/mol. The van der Waals surface area contributed by atoms with Crippen LogP contribution in [-0.2, 0) is 10.2 Å². The van der Waals surface area contributed by atoms with Crippen LogP contribution in [0.15, 0.2) is 0 Å². The van der Waals surface area contributed by atoms with Crippen LogP contribution >= 0.6 is 0 Å². The lowest BCUT2D eigenvalue weighted by Gasteiger charge is -2.26. The number of nitrogen functional groups attached to an aromatic ring is 1. The van der Waals surface area contributed by atoms with Crippen LogP contribution in [0.1, 0.15) is 39.1 Å². The van der Waals surface area contributed by atoms with Gasteiger partial charge in [-0.3, -0.25) is 4.79 Å². The summed E-state index contributed by atoms with van der Waals surface area (Å²) in [5.41, 5.74) is 6.61. The molecule has 0 aliphatic heterocycles. The fraction of sp³-hybridized carbons (Fsp3) is 0.643. The summed E-state index contributed by atoms with van der Waals surface area (Å²) in [4.78, 5) is 22.5. The Balaban J connectivity index is 3.27. The third-order valence-corrected chi connectivity index (χ3v) is 3.12. The predicted octanol–water partition coefficient (Wildman–Crippen LogP) is 1.24. The van der Waals surface area contributed by atoms with Gasteiger partial charge < -0.3 is 16.0 Å². The van der Waals surface area contributed by atoms with Gasteiger partial charge in [0, 0.05) is 24.6 Å². The molecule has 6 heteroatoms. The number of nitrogens with zero attached hydrogens (tertiary/aromatic N) is 3. The number of likely N-dealkylation sites (N-methyl/N-ethyl adjacent to an activating group) is 2. The van der Waals surface area contributed by atoms with Crippen LogP contribution < -0.4 is 16.0 Å². The Morgan fingerprint density at radius 3 is 2.40 bits per heavy atom. The molecule has 0 aromatic carbocycles. The Hall–Kier alpha value is -1.85. The fourth-order valence-electron chi connectivity index (χ4n) is 1.75. The molecule has 0 bridgehead atoms. The lowest BCUT2D eigenvalue weighted by Crippen LogP contribution is -2.37. The van der Waals surface area contributed by atoms with Gasteiger partial charge in [-0.1, -0.05) is 20.8 Å². The zero-order chi connectivity index (χ0) is 15.5. The summed E-state index contributed by atoms with van der Waals surface area (Å²) in [6.07, 6.45) is 0. The highest BCUT2D eigenvalue weighted by atomic mass is 16.1. The number of aromatic nitrogens is 2. The molecule has 0 aliphatic carbocycles. The zero-order valence-electron chi connectivity index (χ0n) is 13.2. The number of nitrogens with two attached hydrogens (primary N) is 1. The molecule has 1 heterocycles. The molecule has 0 atom stereocenters. The molecule has 0 spiro atoms. The average Bonchev–Trinajstić information content (AvgIpc) is 2.37. The van der Waals surface area contributed by atoms with Crippen molar-refractivity contribution in [3.8, 4) is 0 Å². The van der Waals surface area contributed by atoms with E-state index in [4.69, 9.17) is 5.73 Å². The van der Waals surface area contributed by atoms with E-state index in [0.29, 0.717) is 18.2 Å². The van der Waals surface area contributed by atoms with Crippen molar-refractivity contribution in [3.63, 3.8) is 0 Å². The summed E-state index contributed by atoms with van der Waals surface area (Å²) in [5.74, 6) is 1.83. The molecule has 0 radical (unpaired) electrons. The summed E-state index contributed by atoms with van der Waals surface area (Å²) < 4.78 is 0. The number of anilines is 2. The smallest absolute Gasteiger partial charge is 0.239 e. The number of nitrogens with one attached hydrogen (secondary N) is 1. The van der Waals surface area contributed by atoms with Gasteiger partial charge in [0.2, 0.25) is 5.91 Å². The maximum absolute atomic E-state index is 11.6. The van der Waals surface area contributed by atoms with Crippen molar-refractivity contribution in [2.75, 3.05) is 30.8 Å². The second kappa shape index (κ2) is 6.07. The van der Waals surface area contributed by atoms with Crippen molar-refractivity contribution in [2.24, 2.45) is 0 Å². The highest BCUT2D eigenvalue weighted by molar-refractivity contribution is 5.81. The lowest BCUT2D eigenvalue weighted by atomic mass is 9.95. The Kier molecular flexibility index (Phi) is 4.92. The number of hydrogen-bond acceptors (Lipinski definition) is 5. The Morgan fingerprint density at radius 2 is 1.95 bits per heavy atom. The van der Waals surface area contributed by atoms with Crippen molar-refractivity contribution in [2.45, 2.75) is 40.0 Å². The topological polar surface area (TPSA) is 84.1 Å². The Labute approximate surface area is 120 Å². The standard InChI is InChI=1S/C14H25N5O/c1-7-19(8-10(20)16-6)12-9(2)11(15)17-13(18-12)14(3,4)5/h7-8H2,1-6H3,(H,16,20)(H2,15,17,18). The van der Waals surface area contributed by atoms with Crippen molar-refractivity contribution in [3.05, 3.63) is 11.4 Å². The molecule has 1 aromatic rings. The van der Waals surface area contributed by atoms with Crippen LogP contribution in [0.2, 0.25) is 0 Å². The Bertz CT molecular complexity index is 493. The molecule has 0 aliphatic rings. The van der Waals surface area contributed by atoms with Crippen LogP contribution in [0, 0.1) is 6.92 Å². The first-order valence-corrected chi connectivity index (χ1v) is 6.80. The summed E-state index contributed by atoms with van der Waals surface area (Å²) in [6, 6.07) is 0. The van der Waals surface area contributed by atoms with Crippen molar-refractivity contribution in [1.29, 1.82) is 0 Å². The molecule has 1 rings (SSSR count). The normalized spacial score (nSPS) is 11.3. The van der Waals surface area contributed by atoms with Gasteiger partial charge in [-0.05, 0) is 13.8 Å². The molecular weight excluding hydrogens is 254 g/mol. The van der Waals surface area contributed by atoms with E-state index in [1.807, 2.05) is 39.5 Å². The van der Waals surface area contributed by atoms with Gasteiger partial charge in [0.15, 0.2) is 0 Å². The highest BCUT2D eigenvalue weighted by Gasteiger charge is 2.22. The maximum Gasteiger partial charge on any atom is 0.239 e. The highest BCUT2D eigenvalue weighted by Crippen LogP contribution is 2.26. The van der Waals surface area contributed by atoms with Crippen molar-refractivity contribution < 1.29 is 4.79 Å². The SMILES string of the molecule is CCN(CC(=O)NC)c1nc(C(C)(C)C)nc(N)c1C. The van der Waals surface area contributed by atoms with E-state index in [2.05, 4.69) is 15.3 Å². The third-order valence-electron chi connectivity index (χ3n) is 3.12. The number of amides is 1. The van der Waals surface area contributed by atoms with Crippen molar-refractivity contribution in [1.82, 2.24) is 15.3 Å². The molecule has 0 fully saturated rings. The van der Waals surface area contributed by atoms with E-state index < -0.39 is 0 Å². The summed E-state index contributed by atoms with van der Waals surface area (Å²) in [5, 5.41) is 2.62. The number of hydrogen-bond donors (Lipinski definition) is 2. The minimum atomic E-state index is -0.191. The third kappa shape index (κ3) is 3.59. The second-order valence-corrected chi connectivity index (χ2v) is 5.82.